The summed E-state index contributed by atoms with van der Waals surface area (Å²) in [5.41, 5.74) is 8.09. The van der Waals surface area contributed by atoms with E-state index in [4.69, 9.17) is 4.98 Å². The average molecular weight is 227 g/mol. The van der Waals surface area contributed by atoms with Crippen LogP contribution in [0.3, 0.4) is 0 Å². The van der Waals surface area contributed by atoms with E-state index in [1.807, 2.05) is 0 Å². The molecule has 1 heteroatoms. The van der Waals surface area contributed by atoms with E-state index >= 15 is 0 Å². The van der Waals surface area contributed by atoms with Gasteiger partial charge in [0.2, 0.25) is 0 Å². The van der Waals surface area contributed by atoms with Crippen molar-refractivity contribution < 1.29 is 0 Å². The minimum atomic E-state index is 0.835. The highest BCUT2D eigenvalue weighted by atomic mass is 14.8. The van der Waals surface area contributed by atoms with Crippen molar-refractivity contribution in [1.82, 2.24) is 4.98 Å². The van der Waals surface area contributed by atoms with Crippen LogP contribution in [0.2, 0.25) is 0 Å². The van der Waals surface area contributed by atoms with Gasteiger partial charge in [0.05, 0.1) is 0 Å². The van der Waals surface area contributed by atoms with E-state index in [-0.39, 0.29) is 0 Å². The van der Waals surface area contributed by atoms with Crippen molar-refractivity contribution in [1.29, 1.82) is 0 Å². The lowest BCUT2D eigenvalue weighted by atomic mass is 9.92. The Bertz CT molecular complexity index is 467. The van der Waals surface area contributed by atoms with Crippen LogP contribution in [0.25, 0.3) is 0 Å². The molecule has 0 aliphatic heterocycles. The van der Waals surface area contributed by atoms with Crippen molar-refractivity contribution in [3.05, 3.63) is 28.1 Å². The molecule has 0 saturated heterocycles. The number of nitrogens with zero attached hydrogens (tertiary/aromatic N) is 1. The van der Waals surface area contributed by atoms with Crippen LogP contribution < -0.4 is 0 Å². The van der Waals surface area contributed by atoms with Gasteiger partial charge in [0.25, 0.3) is 0 Å². The normalized spacial score (nSPS) is 22.9. The molecule has 0 amide bonds. The van der Waals surface area contributed by atoms with Gasteiger partial charge in [-0.3, -0.25) is 4.98 Å². The first-order valence-corrected chi connectivity index (χ1v) is 7.43. The Hall–Kier alpha value is -0.850. The molecule has 0 spiro atoms. The molecule has 3 aliphatic carbocycles. The van der Waals surface area contributed by atoms with Crippen molar-refractivity contribution >= 4 is 0 Å². The summed E-state index contributed by atoms with van der Waals surface area (Å²) >= 11 is 0. The lowest BCUT2D eigenvalue weighted by molar-refractivity contribution is 0.875. The number of pyridine rings is 1. The van der Waals surface area contributed by atoms with Gasteiger partial charge in [-0.05, 0) is 74.0 Å². The minimum Gasteiger partial charge on any atom is -0.257 e. The number of aryl methyl sites for hydroxylation is 1. The second-order valence-electron chi connectivity index (χ2n) is 6.07. The maximum Gasteiger partial charge on any atom is 0.0475 e. The molecule has 0 radical (unpaired) electrons. The lowest BCUT2D eigenvalue weighted by Crippen LogP contribution is -2.06. The second kappa shape index (κ2) is 3.57. The molecule has 0 unspecified atom stereocenters. The van der Waals surface area contributed by atoms with Crippen LogP contribution in [-0.2, 0) is 19.3 Å². The van der Waals surface area contributed by atoms with E-state index < -0.39 is 0 Å². The lowest BCUT2D eigenvalue weighted by Gasteiger charge is -2.17. The smallest absolute Gasteiger partial charge is 0.0475 e. The summed E-state index contributed by atoms with van der Waals surface area (Å²) in [7, 11) is 0. The van der Waals surface area contributed by atoms with Crippen LogP contribution in [0.5, 0.6) is 0 Å². The van der Waals surface area contributed by atoms with Gasteiger partial charge in [0.15, 0.2) is 0 Å². The molecule has 4 rings (SSSR count). The van der Waals surface area contributed by atoms with Gasteiger partial charge in [-0.25, -0.2) is 0 Å². The van der Waals surface area contributed by atoms with Crippen LogP contribution in [0.15, 0.2) is 0 Å². The van der Waals surface area contributed by atoms with Gasteiger partial charge in [0, 0.05) is 17.3 Å². The van der Waals surface area contributed by atoms with Crippen LogP contribution in [0.4, 0.5) is 0 Å². The summed E-state index contributed by atoms with van der Waals surface area (Å²) in [6.07, 6.45) is 10.8. The largest absolute Gasteiger partial charge is 0.257 e. The Labute approximate surface area is 104 Å². The molecule has 0 aromatic carbocycles. The molecular formula is C16H21N. The Morgan fingerprint density at radius 3 is 2.47 bits per heavy atom. The van der Waals surface area contributed by atoms with E-state index in [9.17, 15) is 0 Å². The predicted octanol–water partition coefficient (Wildman–Crippen LogP) is 3.89. The number of rotatable bonds is 3. The zero-order valence-electron chi connectivity index (χ0n) is 10.8. The molecular weight excluding hydrogens is 206 g/mol. The molecule has 3 aliphatic rings. The summed E-state index contributed by atoms with van der Waals surface area (Å²) in [6.45, 7) is 2.34. The number of hydrogen-bond donors (Lipinski definition) is 0. The van der Waals surface area contributed by atoms with Gasteiger partial charge in [-0.1, -0.05) is 6.92 Å². The summed E-state index contributed by atoms with van der Waals surface area (Å²) in [5, 5.41) is 0. The first-order valence-electron chi connectivity index (χ1n) is 7.43. The number of aromatic nitrogens is 1. The zero-order valence-corrected chi connectivity index (χ0v) is 10.8. The second-order valence-corrected chi connectivity index (χ2v) is 6.07. The third-order valence-electron chi connectivity index (χ3n) is 4.71. The molecule has 90 valence electrons. The standard InChI is InChI=1S/C16H21N/c1-2-12-13-4-3-5-14(13)17-16(11-8-9-11)15(12)10-6-7-10/h10-11H,2-9H2,1H3. The fraction of sp³-hybridized carbons (Fsp3) is 0.688. The van der Waals surface area contributed by atoms with Crippen LogP contribution >= 0.6 is 0 Å². The third kappa shape index (κ3) is 1.55. The molecule has 0 N–H and O–H groups in total. The number of fused-ring (bicyclic) bond motifs is 1. The fourth-order valence-corrected chi connectivity index (χ4v) is 3.60. The van der Waals surface area contributed by atoms with E-state index in [2.05, 4.69) is 6.92 Å². The molecule has 1 heterocycles. The van der Waals surface area contributed by atoms with Crippen molar-refractivity contribution in [3.63, 3.8) is 0 Å². The topological polar surface area (TPSA) is 12.9 Å². The Morgan fingerprint density at radius 2 is 1.82 bits per heavy atom. The Morgan fingerprint density at radius 1 is 1.06 bits per heavy atom. The fourth-order valence-electron chi connectivity index (χ4n) is 3.60. The summed E-state index contributed by atoms with van der Waals surface area (Å²) in [6, 6.07) is 0. The van der Waals surface area contributed by atoms with Crippen LogP contribution in [-0.4, -0.2) is 4.98 Å². The van der Waals surface area contributed by atoms with Crippen LogP contribution in [0, 0.1) is 0 Å². The molecule has 2 fully saturated rings. The Kier molecular flexibility index (Phi) is 2.12. The van der Waals surface area contributed by atoms with E-state index in [1.54, 1.807) is 16.7 Å². The van der Waals surface area contributed by atoms with Gasteiger partial charge in [-0.15, -0.1) is 0 Å². The minimum absolute atomic E-state index is 0.835. The maximum absolute atomic E-state index is 5.09. The maximum atomic E-state index is 5.09. The highest BCUT2D eigenvalue weighted by Gasteiger charge is 2.37. The highest BCUT2D eigenvalue weighted by molar-refractivity contribution is 5.48. The van der Waals surface area contributed by atoms with Gasteiger partial charge < -0.3 is 0 Å². The summed E-state index contributed by atoms with van der Waals surface area (Å²) < 4.78 is 0. The Balaban J connectivity index is 1.93. The number of hydrogen-bond acceptors (Lipinski definition) is 1. The quantitative estimate of drug-likeness (QED) is 0.763. The van der Waals surface area contributed by atoms with Crippen molar-refractivity contribution in [2.24, 2.45) is 0 Å². The van der Waals surface area contributed by atoms with Gasteiger partial charge in [-0.2, -0.15) is 0 Å². The molecule has 0 atom stereocenters. The van der Waals surface area contributed by atoms with E-state index in [1.165, 1.54) is 62.8 Å². The highest BCUT2D eigenvalue weighted by Crippen LogP contribution is 2.51. The van der Waals surface area contributed by atoms with Crippen molar-refractivity contribution in [2.45, 2.75) is 70.1 Å². The molecule has 1 aromatic heterocycles. The van der Waals surface area contributed by atoms with E-state index in [0.717, 1.165) is 11.8 Å². The summed E-state index contributed by atoms with van der Waals surface area (Å²) in [4.78, 5) is 5.09. The summed E-state index contributed by atoms with van der Waals surface area (Å²) in [5.74, 6) is 1.72. The SMILES string of the molecule is CCc1c2c(nc(C3CC3)c1C1CC1)CCC2. The average Bonchev–Trinajstić information content (AvgIpc) is 3.23. The van der Waals surface area contributed by atoms with Gasteiger partial charge >= 0.3 is 0 Å². The first-order chi connectivity index (χ1) is 8.38. The third-order valence-corrected chi connectivity index (χ3v) is 4.71. The van der Waals surface area contributed by atoms with Gasteiger partial charge in [0.1, 0.15) is 0 Å². The predicted molar refractivity (Wildman–Crippen MR) is 69.6 cm³/mol. The molecule has 17 heavy (non-hydrogen) atoms. The van der Waals surface area contributed by atoms with Crippen molar-refractivity contribution in [3.8, 4) is 0 Å². The monoisotopic (exact) mass is 227 g/mol. The molecule has 1 aromatic rings. The van der Waals surface area contributed by atoms with Crippen LogP contribution in [0.1, 0.15) is 78.9 Å². The van der Waals surface area contributed by atoms with E-state index in [0.29, 0.717) is 0 Å². The molecule has 1 nitrogen and oxygen atoms in total. The molecule has 2 saturated carbocycles. The first kappa shape index (κ1) is 10.1. The van der Waals surface area contributed by atoms with Crippen molar-refractivity contribution in [2.75, 3.05) is 0 Å². The molecule has 0 bridgehead atoms. The zero-order chi connectivity index (χ0) is 11.4.